The average molecular weight is 351 g/mol. The molecule has 5 heteroatoms. The molecule has 5 nitrogen and oxygen atoms in total. The number of hydrazone groups is 1. The van der Waals surface area contributed by atoms with Crippen LogP contribution in [0.15, 0.2) is 65.8 Å². The smallest absolute Gasteiger partial charge is 0.245 e. The molecular weight excluding hydrogens is 324 g/mol. The zero-order valence-corrected chi connectivity index (χ0v) is 15.3. The van der Waals surface area contributed by atoms with Gasteiger partial charge in [-0.2, -0.15) is 5.10 Å². The van der Waals surface area contributed by atoms with Crippen LogP contribution < -0.4 is 15.2 Å². The van der Waals surface area contributed by atoms with E-state index in [2.05, 4.69) is 39.7 Å². The van der Waals surface area contributed by atoms with Crippen LogP contribution in [0.1, 0.15) is 18.9 Å². The lowest BCUT2D eigenvalue weighted by Crippen LogP contribution is -3.15. The maximum atomic E-state index is 12.1. The Hall–Kier alpha value is -2.66. The minimum atomic E-state index is -0.0155. The highest BCUT2D eigenvalue weighted by Crippen LogP contribution is 2.12. The molecule has 2 aromatic rings. The normalized spacial score (nSPS) is 15.7. The summed E-state index contributed by atoms with van der Waals surface area (Å²) in [6.07, 6.45) is 0.506. The number of hydrogen-bond acceptors (Lipinski definition) is 3. The fourth-order valence-electron chi connectivity index (χ4n) is 3.21. The fraction of sp³-hybridized carbons (Fsp3) is 0.333. The molecule has 1 heterocycles. The number of rotatable bonds is 6. The number of anilines is 1. The van der Waals surface area contributed by atoms with Gasteiger partial charge < -0.3 is 9.80 Å². The number of piperazine rings is 1. The lowest BCUT2D eigenvalue weighted by molar-refractivity contribution is -0.900. The van der Waals surface area contributed by atoms with Crippen LogP contribution in [0, 0.1) is 0 Å². The van der Waals surface area contributed by atoms with Crippen LogP contribution in [0.4, 0.5) is 5.69 Å². The topological polar surface area (TPSA) is 49.1 Å². The van der Waals surface area contributed by atoms with E-state index in [-0.39, 0.29) is 5.91 Å². The molecule has 1 aliphatic rings. The molecule has 1 saturated heterocycles. The molecule has 0 bridgehead atoms. The minimum absolute atomic E-state index is 0.0155. The number of amides is 1. The number of quaternary nitrogens is 1. The van der Waals surface area contributed by atoms with Crippen molar-refractivity contribution in [3.05, 3.63) is 66.2 Å². The lowest BCUT2D eigenvalue weighted by Gasteiger charge is -2.33. The maximum absolute atomic E-state index is 12.1. The maximum Gasteiger partial charge on any atom is 0.245 e. The number of para-hydroxylation sites is 1. The summed E-state index contributed by atoms with van der Waals surface area (Å²) in [7, 11) is 0. The van der Waals surface area contributed by atoms with Gasteiger partial charge in [-0.05, 0) is 24.6 Å². The van der Waals surface area contributed by atoms with Crippen molar-refractivity contribution in [1.29, 1.82) is 0 Å². The van der Waals surface area contributed by atoms with E-state index in [1.165, 1.54) is 10.6 Å². The van der Waals surface area contributed by atoms with E-state index in [1.54, 1.807) is 0 Å². The number of carbonyl (C=O) groups excluding carboxylic acids is 1. The molecule has 2 aromatic carbocycles. The molecule has 0 atom stereocenters. The quantitative estimate of drug-likeness (QED) is 0.609. The zero-order valence-electron chi connectivity index (χ0n) is 15.3. The highest BCUT2D eigenvalue weighted by atomic mass is 16.2. The summed E-state index contributed by atoms with van der Waals surface area (Å²) in [4.78, 5) is 16.0. The summed E-state index contributed by atoms with van der Waals surface area (Å²) < 4.78 is 0. The molecule has 0 aromatic heterocycles. The van der Waals surface area contributed by atoms with Gasteiger partial charge in [0, 0.05) is 5.69 Å². The molecule has 0 saturated carbocycles. The third-order valence-corrected chi connectivity index (χ3v) is 4.84. The van der Waals surface area contributed by atoms with Gasteiger partial charge in [0.05, 0.1) is 44.9 Å². The molecule has 2 N–H and O–H groups in total. The fourth-order valence-corrected chi connectivity index (χ4v) is 3.21. The van der Waals surface area contributed by atoms with Gasteiger partial charge in [0.25, 0.3) is 0 Å². The van der Waals surface area contributed by atoms with Gasteiger partial charge in [-0.1, -0.05) is 48.5 Å². The SMILES string of the molecule is C/C(=N/NC(=O)CC[NH+]1CCN(c2ccccc2)CC1)c1ccccc1. The van der Waals surface area contributed by atoms with E-state index in [0.717, 1.165) is 44.0 Å². The Morgan fingerprint density at radius 3 is 2.31 bits per heavy atom. The number of nitrogens with zero attached hydrogens (tertiary/aromatic N) is 2. The van der Waals surface area contributed by atoms with Crippen LogP contribution in [0.5, 0.6) is 0 Å². The first-order chi connectivity index (χ1) is 12.7. The molecule has 3 rings (SSSR count). The second-order valence-electron chi connectivity index (χ2n) is 6.67. The van der Waals surface area contributed by atoms with E-state index in [0.29, 0.717) is 6.42 Å². The van der Waals surface area contributed by atoms with Crippen LogP contribution in [-0.4, -0.2) is 44.3 Å². The average Bonchev–Trinajstić information content (AvgIpc) is 2.72. The van der Waals surface area contributed by atoms with Crippen LogP contribution in [-0.2, 0) is 4.79 Å². The Bertz CT molecular complexity index is 722. The Morgan fingerprint density at radius 1 is 1.04 bits per heavy atom. The standard InChI is InChI=1S/C21H26N4O/c1-18(19-8-4-2-5-9-19)22-23-21(26)12-13-24-14-16-25(17-15-24)20-10-6-3-7-11-20/h2-11H,12-17H2,1H3,(H,23,26)/p+1/b22-18-. The van der Waals surface area contributed by atoms with Crippen molar-refractivity contribution >= 4 is 17.3 Å². The summed E-state index contributed by atoms with van der Waals surface area (Å²) in [5.74, 6) is -0.0155. The van der Waals surface area contributed by atoms with E-state index in [4.69, 9.17) is 0 Å². The Balaban J connectivity index is 1.39. The summed E-state index contributed by atoms with van der Waals surface area (Å²) in [6, 6.07) is 20.4. The van der Waals surface area contributed by atoms with Gasteiger partial charge in [-0.25, -0.2) is 5.43 Å². The van der Waals surface area contributed by atoms with E-state index >= 15 is 0 Å². The highest BCUT2D eigenvalue weighted by molar-refractivity contribution is 5.99. The molecule has 0 radical (unpaired) electrons. The van der Waals surface area contributed by atoms with Crippen LogP contribution in [0.2, 0.25) is 0 Å². The molecule has 1 aliphatic heterocycles. The molecule has 136 valence electrons. The summed E-state index contributed by atoms with van der Waals surface area (Å²) in [6.45, 7) is 6.96. The second-order valence-corrected chi connectivity index (χ2v) is 6.67. The van der Waals surface area contributed by atoms with Gasteiger partial charge in [0.1, 0.15) is 0 Å². The van der Waals surface area contributed by atoms with Crippen LogP contribution in [0.3, 0.4) is 0 Å². The highest BCUT2D eigenvalue weighted by Gasteiger charge is 2.20. The van der Waals surface area contributed by atoms with Crippen molar-refractivity contribution in [2.45, 2.75) is 13.3 Å². The number of benzene rings is 2. The Kier molecular flexibility index (Phi) is 6.39. The van der Waals surface area contributed by atoms with Crippen LogP contribution >= 0.6 is 0 Å². The van der Waals surface area contributed by atoms with E-state index in [9.17, 15) is 4.79 Å². The van der Waals surface area contributed by atoms with E-state index in [1.807, 2.05) is 43.3 Å². The van der Waals surface area contributed by atoms with E-state index < -0.39 is 0 Å². The second kappa shape index (κ2) is 9.15. The molecule has 1 amide bonds. The largest absolute Gasteiger partial charge is 0.360 e. The number of nitrogens with one attached hydrogen (secondary N) is 2. The first kappa shape index (κ1) is 18.1. The predicted molar refractivity (Wildman–Crippen MR) is 106 cm³/mol. The molecule has 1 fully saturated rings. The molecule has 0 spiro atoms. The van der Waals surface area contributed by atoms with Gasteiger partial charge in [0.2, 0.25) is 5.91 Å². The zero-order chi connectivity index (χ0) is 18.2. The first-order valence-electron chi connectivity index (χ1n) is 9.24. The lowest BCUT2D eigenvalue weighted by atomic mass is 10.1. The van der Waals surface area contributed by atoms with Crippen molar-refractivity contribution in [1.82, 2.24) is 5.43 Å². The van der Waals surface area contributed by atoms with Crippen molar-refractivity contribution in [2.24, 2.45) is 5.10 Å². The monoisotopic (exact) mass is 351 g/mol. The first-order valence-corrected chi connectivity index (χ1v) is 9.24. The van der Waals surface area contributed by atoms with Crippen molar-refractivity contribution < 1.29 is 9.69 Å². The van der Waals surface area contributed by atoms with Crippen molar-refractivity contribution in [3.8, 4) is 0 Å². The van der Waals surface area contributed by atoms with Crippen molar-refractivity contribution in [3.63, 3.8) is 0 Å². The predicted octanol–water partition coefficient (Wildman–Crippen LogP) is 1.32. The number of carbonyl (C=O) groups is 1. The van der Waals surface area contributed by atoms with Gasteiger partial charge in [0.15, 0.2) is 0 Å². The van der Waals surface area contributed by atoms with Gasteiger partial charge in [-0.3, -0.25) is 4.79 Å². The Morgan fingerprint density at radius 2 is 1.65 bits per heavy atom. The number of hydrogen-bond donors (Lipinski definition) is 2. The summed E-state index contributed by atoms with van der Waals surface area (Å²) >= 11 is 0. The van der Waals surface area contributed by atoms with Crippen molar-refractivity contribution in [2.75, 3.05) is 37.6 Å². The van der Waals surface area contributed by atoms with Gasteiger partial charge >= 0.3 is 0 Å². The van der Waals surface area contributed by atoms with Gasteiger partial charge in [-0.15, -0.1) is 0 Å². The molecule has 26 heavy (non-hydrogen) atoms. The van der Waals surface area contributed by atoms with Crippen LogP contribution in [0.25, 0.3) is 0 Å². The third-order valence-electron chi connectivity index (χ3n) is 4.84. The minimum Gasteiger partial charge on any atom is -0.360 e. The molecule has 0 aliphatic carbocycles. The molecular formula is C21H27N4O+. The summed E-state index contributed by atoms with van der Waals surface area (Å²) in [5, 5.41) is 4.21. The Labute approximate surface area is 155 Å². The third kappa shape index (κ3) is 5.17. The molecule has 0 unspecified atom stereocenters. The summed E-state index contributed by atoms with van der Waals surface area (Å²) in [5.41, 5.74) is 5.81.